The van der Waals surface area contributed by atoms with Gasteiger partial charge in [-0.2, -0.15) is 0 Å². The summed E-state index contributed by atoms with van der Waals surface area (Å²) in [6.07, 6.45) is 7.65. The number of rotatable bonds is 6. The molecule has 0 amide bonds. The van der Waals surface area contributed by atoms with E-state index >= 15 is 0 Å². The minimum Gasteiger partial charge on any atom is -0.480 e. The van der Waals surface area contributed by atoms with E-state index in [1.807, 2.05) is 25.2 Å². The topological polar surface area (TPSA) is 49.8 Å². The van der Waals surface area contributed by atoms with Crippen molar-refractivity contribution in [3.8, 4) is 0 Å². The van der Waals surface area contributed by atoms with Gasteiger partial charge >= 0.3 is 5.97 Å². The third kappa shape index (κ3) is 17.2. The predicted molar refractivity (Wildman–Crippen MR) is 71.2 cm³/mol. The third-order valence-electron chi connectivity index (χ3n) is 1.58. The first kappa shape index (κ1) is 18.0. The zero-order valence-corrected chi connectivity index (χ0v) is 11.1. The minimum absolute atomic E-state index is 0.111. The highest BCUT2D eigenvalue weighted by atomic mass is 16.5. The summed E-state index contributed by atoms with van der Waals surface area (Å²) < 4.78 is 4.94. The number of carbonyl (C=O) groups is 1. The standard InChI is InChI=1S/C9H14O.C4H9NO2/c1-4-6-7-9(5-2)8-10-3;1-5(2)3-4(6)7/h4-7H,1,8H2,2-3H3;3H2,1-2H3,(H,6,7)/b7-6-,9-5+;. The SMILES string of the molecule is C=C/C=C\C(=C/C)COC.CN(C)CC(=O)O. The molecule has 0 aromatic carbocycles. The highest BCUT2D eigenvalue weighted by molar-refractivity contribution is 5.68. The van der Waals surface area contributed by atoms with Crippen LogP contribution in [0, 0.1) is 0 Å². The molecule has 0 spiro atoms. The van der Waals surface area contributed by atoms with Crippen molar-refractivity contribution in [1.29, 1.82) is 0 Å². The lowest BCUT2D eigenvalue weighted by molar-refractivity contribution is -0.137. The van der Waals surface area contributed by atoms with Crippen molar-refractivity contribution in [3.05, 3.63) is 36.5 Å². The van der Waals surface area contributed by atoms with Crippen LogP contribution in [-0.2, 0) is 9.53 Å². The average molecular weight is 241 g/mol. The second-order valence-electron chi connectivity index (χ2n) is 3.52. The Bertz CT molecular complexity index is 268. The first-order chi connectivity index (χ1) is 7.97. The molecule has 0 rings (SSSR count). The smallest absolute Gasteiger partial charge is 0.317 e. The van der Waals surface area contributed by atoms with E-state index in [0.717, 1.165) is 0 Å². The van der Waals surface area contributed by atoms with Gasteiger partial charge in [0.15, 0.2) is 0 Å². The summed E-state index contributed by atoms with van der Waals surface area (Å²) in [6, 6.07) is 0. The average Bonchev–Trinajstić information content (AvgIpc) is 2.23. The fourth-order valence-corrected chi connectivity index (χ4v) is 0.856. The second kappa shape index (κ2) is 12.7. The maximum atomic E-state index is 9.77. The molecule has 0 aliphatic rings. The van der Waals surface area contributed by atoms with E-state index < -0.39 is 5.97 Å². The summed E-state index contributed by atoms with van der Waals surface area (Å²) in [6.45, 7) is 6.34. The van der Waals surface area contributed by atoms with Crippen LogP contribution in [0.4, 0.5) is 0 Å². The predicted octanol–water partition coefficient (Wildman–Crippen LogP) is 1.95. The van der Waals surface area contributed by atoms with E-state index in [1.165, 1.54) is 5.57 Å². The molecule has 0 fully saturated rings. The molecule has 0 aliphatic heterocycles. The van der Waals surface area contributed by atoms with E-state index in [1.54, 1.807) is 32.2 Å². The summed E-state index contributed by atoms with van der Waals surface area (Å²) in [5, 5.41) is 8.04. The van der Waals surface area contributed by atoms with Gasteiger partial charge in [-0.15, -0.1) is 0 Å². The van der Waals surface area contributed by atoms with Crippen molar-refractivity contribution in [3.63, 3.8) is 0 Å². The molecule has 17 heavy (non-hydrogen) atoms. The van der Waals surface area contributed by atoms with Crippen LogP contribution in [0.3, 0.4) is 0 Å². The normalized spacial score (nSPS) is 11.2. The number of hydrogen-bond donors (Lipinski definition) is 1. The monoisotopic (exact) mass is 241 g/mol. The first-order valence-corrected chi connectivity index (χ1v) is 5.27. The van der Waals surface area contributed by atoms with E-state index in [0.29, 0.717) is 6.61 Å². The number of methoxy groups -OCH3 is 1. The molecule has 1 N–H and O–H groups in total. The first-order valence-electron chi connectivity index (χ1n) is 5.27. The van der Waals surface area contributed by atoms with Crippen molar-refractivity contribution >= 4 is 5.97 Å². The molecule has 0 aromatic rings. The Hall–Kier alpha value is -1.39. The van der Waals surface area contributed by atoms with Gasteiger partial charge in [0.25, 0.3) is 0 Å². The molecule has 0 atom stereocenters. The Balaban J connectivity index is 0. The van der Waals surface area contributed by atoms with Crippen LogP contribution in [-0.4, -0.2) is 50.3 Å². The zero-order chi connectivity index (χ0) is 13.7. The second-order valence-corrected chi connectivity index (χ2v) is 3.52. The molecule has 0 bridgehead atoms. The van der Waals surface area contributed by atoms with Crippen molar-refractivity contribution in [2.75, 3.05) is 34.4 Å². The lowest BCUT2D eigenvalue weighted by Crippen LogP contribution is -2.20. The molecule has 4 nitrogen and oxygen atoms in total. The van der Waals surface area contributed by atoms with E-state index in [-0.39, 0.29) is 6.54 Å². The van der Waals surface area contributed by atoms with Gasteiger partial charge in [0.2, 0.25) is 0 Å². The van der Waals surface area contributed by atoms with Crippen LogP contribution < -0.4 is 0 Å². The third-order valence-corrected chi connectivity index (χ3v) is 1.58. The molecule has 0 unspecified atom stereocenters. The fourth-order valence-electron chi connectivity index (χ4n) is 0.856. The zero-order valence-electron chi connectivity index (χ0n) is 11.1. The van der Waals surface area contributed by atoms with Gasteiger partial charge in [-0.1, -0.05) is 30.9 Å². The maximum absolute atomic E-state index is 9.77. The Morgan fingerprint density at radius 2 is 2.06 bits per heavy atom. The summed E-state index contributed by atoms with van der Waals surface area (Å²) >= 11 is 0. The number of hydrogen-bond acceptors (Lipinski definition) is 3. The van der Waals surface area contributed by atoms with E-state index in [2.05, 4.69) is 6.58 Å². The van der Waals surface area contributed by atoms with Crippen LogP contribution in [0.25, 0.3) is 0 Å². The molecular weight excluding hydrogens is 218 g/mol. The van der Waals surface area contributed by atoms with Crippen molar-refractivity contribution in [2.45, 2.75) is 6.92 Å². The lowest BCUT2D eigenvalue weighted by Gasteiger charge is -2.01. The minimum atomic E-state index is -0.787. The maximum Gasteiger partial charge on any atom is 0.317 e. The Labute approximate surface area is 104 Å². The molecule has 0 radical (unpaired) electrons. The number of allylic oxidation sites excluding steroid dienone is 3. The van der Waals surface area contributed by atoms with Crippen LogP contribution in [0.2, 0.25) is 0 Å². The van der Waals surface area contributed by atoms with Gasteiger partial charge < -0.3 is 9.84 Å². The summed E-state index contributed by atoms with van der Waals surface area (Å²) in [7, 11) is 5.12. The highest BCUT2D eigenvalue weighted by Gasteiger charge is 1.94. The Kier molecular flexibility index (Phi) is 13.4. The summed E-state index contributed by atoms with van der Waals surface area (Å²) in [5.74, 6) is -0.787. The van der Waals surface area contributed by atoms with Crippen molar-refractivity contribution in [1.82, 2.24) is 4.90 Å². The molecule has 4 heteroatoms. The van der Waals surface area contributed by atoms with Crippen LogP contribution >= 0.6 is 0 Å². The number of carboxylic acid groups (broad SMARTS) is 1. The molecule has 0 aliphatic carbocycles. The number of carboxylic acids is 1. The quantitative estimate of drug-likeness (QED) is 0.722. The van der Waals surface area contributed by atoms with Gasteiger partial charge in [-0.25, -0.2) is 0 Å². The van der Waals surface area contributed by atoms with Gasteiger partial charge in [-0.05, 0) is 26.6 Å². The lowest BCUT2D eigenvalue weighted by atomic mass is 10.2. The van der Waals surface area contributed by atoms with Gasteiger partial charge in [0.05, 0.1) is 13.2 Å². The van der Waals surface area contributed by atoms with Crippen LogP contribution in [0.15, 0.2) is 36.5 Å². The number of nitrogens with zero attached hydrogens (tertiary/aromatic N) is 1. The molecule has 98 valence electrons. The molecular formula is C13H23NO3. The number of ether oxygens (including phenoxy) is 1. The number of likely N-dealkylation sites (N-methyl/N-ethyl adjacent to an activating group) is 1. The molecule has 0 aromatic heterocycles. The largest absolute Gasteiger partial charge is 0.480 e. The van der Waals surface area contributed by atoms with Crippen LogP contribution in [0.5, 0.6) is 0 Å². The number of aliphatic carboxylic acids is 1. The van der Waals surface area contributed by atoms with E-state index in [4.69, 9.17) is 9.84 Å². The summed E-state index contributed by atoms with van der Waals surface area (Å²) in [4.78, 5) is 11.4. The molecule has 0 saturated heterocycles. The highest BCUT2D eigenvalue weighted by Crippen LogP contribution is 1.96. The fraction of sp³-hybridized carbons (Fsp3) is 0.462. The van der Waals surface area contributed by atoms with Gasteiger partial charge in [0, 0.05) is 7.11 Å². The Morgan fingerprint density at radius 1 is 1.47 bits per heavy atom. The van der Waals surface area contributed by atoms with E-state index in [9.17, 15) is 4.79 Å². The van der Waals surface area contributed by atoms with Crippen molar-refractivity contribution < 1.29 is 14.6 Å². The van der Waals surface area contributed by atoms with Gasteiger partial charge in [0.1, 0.15) is 0 Å². The molecule has 0 saturated carbocycles. The Morgan fingerprint density at radius 3 is 2.29 bits per heavy atom. The van der Waals surface area contributed by atoms with Crippen LogP contribution in [0.1, 0.15) is 6.92 Å². The van der Waals surface area contributed by atoms with Crippen molar-refractivity contribution in [2.24, 2.45) is 0 Å². The molecule has 0 heterocycles. The summed E-state index contributed by atoms with van der Waals surface area (Å²) in [5.41, 5.74) is 1.17. The van der Waals surface area contributed by atoms with Gasteiger partial charge in [-0.3, -0.25) is 9.69 Å².